The highest BCUT2D eigenvalue weighted by molar-refractivity contribution is 9.08. The van der Waals surface area contributed by atoms with Crippen molar-refractivity contribution in [1.82, 2.24) is 0 Å². The summed E-state index contributed by atoms with van der Waals surface area (Å²) in [6.45, 7) is -0.288. The van der Waals surface area contributed by atoms with Crippen LogP contribution in [-0.4, -0.2) is 20.0 Å². The molecule has 0 unspecified atom stereocenters. The number of hydrogen-bond acceptors (Lipinski definition) is 1. The van der Waals surface area contributed by atoms with E-state index in [-0.39, 0.29) is 6.54 Å². The van der Waals surface area contributed by atoms with Crippen molar-refractivity contribution in [2.24, 2.45) is 0 Å². The summed E-state index contributed by atoms with van der Waals surface area (Å²) in [6, 6.07) is 5.31. The maximum absolute atomic E-state index is 12.1. The third-order valence-corrected chi connectivity index (χ3v) is 2.99. The van der Waals surface area contributed by atoms with E-state index >= 15 is 0 Å². The molecule has 0 bridgehead atoms. The number of alkyl halides is 3. The Labute approximate surface area is 101 Å². The molecule has 0 N–H and O–H groups in total. The molecular weight excluding hydrogens is 287 g/mol. The van der Waals surface area contributed by atoms with Gasteiger partial charge in [-0.05, 0) is 17.7 Å². The van der Waals surface area contributed by atoms with Crippen molar-refractivity contribution in [2.45, 2.75) is 11.8 Å². The second-order valence-corrected chi connectivity index (χ2v) is 4.15. The van der Waals surface area contributed by atoms with Crippen molar-refractivity contribution < 1.29 is 8.78 Å². The molecule has 84 valence electrons. The van der Waals surface area contributed by atoms with Crippen molar-refractivity contribution in [1.29, 1.82) is 0 Å². The van der Waals surface area contributed by atoms with Gasteiger partial charge < -0.3 is 4.90 Å². The first kappa shape index (κ1) is 12.7. The van der Waals surface area contributed by atoms with Gasteiger partial charge >= 0.3 is 0 Å². The maximum atomic E-state index is 12.1. The van der Waals surface area contributed by atoms with E-state index in [1.807, 2.05) is 6.07 Å². The third-order valence-electron chi connectivity index (χ3n) is 2.03. The second-order valence-electron chi connectivity index (χ2n) is 3.18. The van der Waals surface area contributed by atoms with Crippen LogP contribution in [0.2, 0.25) is 5.02 Å². The summed E-state index contributed by atoms with van der Waals surface area (Å²) in [6.07, 6.45) is -2.34. The van der Waals surface area contributed by atoms with E-state index < -0.39 is 6.43 Å². The molecule has 15 heavy (non-hydrogen) atoms. The molecule has 1 aromatic rings. The van der Waals surface area contributed by atoms with Gasteiger partial charge in [0.15, 0.2) is 0 Å². The summed E-state index contributed by atoms with van der Waals surface area (Å²) in [5, 5.41) is 1.25. The largest absolute Gasteiger partial charge is 0.369 e. The lowest BCUT2D eigenvalue weighted by atomic mass is 10.2. The first-order chi connectivity index (χ1) is 7.04. The summed E-state index contributed by atoms with van der Waals surface area (Å²) >= 11 is 9.26. The second kappa shape index (κ2) is 5.66. The lowest BCUT2D eigenvalue weighted by Gasteiger charge is -2.19. The molecule has 0 saturated heterocycles. The van der Waals surface area contributed by atoms with E-state index in [2.05, 4.69) is 15.9 Å². The molecule has 0 saturated carbocycles. The molecule has 0 aliphatic heterocycles. The fraction of sp³-hybridized carbons (Fsp3) is 0.400. The average Bonchev–Trinajstić information content (AvgIpc) is 2.16. The molecule has 1 aromatic carbocycles. The third kappa shape index (κ3) is 3.61. The van der Waals surface area contributed by atoms with Crippen LogP contribution in [0.25, 0.3) is 0 Å². The van der Waals surface area contributed by atoms with Crippen molar-refractivity contribution in [3.8, 4) is 0 Å². The minimum absolute atomic E-state index is 0.288. The molecule has 0 fully saturated rings. The van der Waals surface area contributed by atoms with E-state index in [0.717, 1.165) is 5.56 Å². The number of rotatable bonds is 4. The predicted molar refractivity (Wildman–Crippen MR) is 63.4 cm³/mol. The Hall–Kier alpha value is -0.350. The minimum Gasteiger partial charge on any atom is -0.369 e. The van der Waals surface area contributed by atoms with Gasteiger partial charge in [-0.1, -0.05) is 33.6 Å². The topological polar surface area (TPSA) is 3.24 Å². The van der Waals surface area contributed by atoms with Crippen molar-refractivity contribution in [3.63, 3.8) is 0 Å². The quantitative estimate of drug-likeness (QED) is 0.761. The smallest absolute Gasteiger partial charge is 0.255 e. The van der Waals surface area contributed by atoms with Gasteiger partial charge in [0.25, 0.3) is 6.43 Å². The average molecular weight is 299 g/mol. The molecule has 0 spiro atoms. The van der Waals surface area contributed by atoms with Gasteiger partial charge in [-0.3, -0.25) is 0 Å². The van der Waals surface area contributed by atoms with E-state index in [9.17, 15) is 8.78 Å². The highest BCUT2D eigenvalue weighted by atomic mass is 79.9. The minimum atomic E-state index is -2.34. The number of benzene rings is 1. The Bertz CT molecular complexity index is 333. The van der Waals surface area contributed by atoms with Gasteiger partial charge in [-0.2, -0.15) is 0 Å². The maximum Gasteiger partial charge on any atom is 0.255 e. The summed E-state index contributed by atoms with van der Waals surface area (Å²) < 4.78 is 24.3. The number of hydrogen-bond donors (Lipinski definition) is 0. The molecule has 0 aromatic heterocycles. The number of nitrogens with zero attached hydrogens (tertiary/aromatic N) is 1. The molecule has 0 aliphatic rings. The molecular formula is C10H11BrClF2N. The number of anilines is 1. The van der Waals surface area contributed by atoms with Crippen LogP contribution in [0.4, 0.5) is 14.5 Å². The van der Waals surface area contributed by atoms with Gasteiger partial charge in [0, 0.05) is 23.1 Å². The molecule has 1 rings (SSSR count). The monoisotopic (exact) mass is 297 g/mol. The zero-order valence-electron chi connectivity index (χ0n) is 8.18. The summed E-state index contributed by atoms with van der Waals surface area (Å²) in [4.78, 5) is 1.48. The van der Waals surface area contributed by atoms with Crippen LogP contribution in [0.15, 0.2) is 18.2 Å². The van der Waals surface area contributed by atoms with Gasteiger partial charge in [0.05, 0.1) is 6.54 Å². The Morgan fingerprint density at radius 2 is 2.13 bits per heavy atom. The van der Waals surface area contributed by atoms with Gasteiger partial charge in [0.1, 0.15) is 0 Å². The molecule has 0 atom stereocenters. The first-order valence-corrected chi connectivity index (χ1v) is 5.88. The van der Waals surface area contributed by atoms with E-state index in [1.165, 1.54) is 4.90 Å². The van der Waals surface area contributed by atoms with E-state index in [0.29, 0.717) is 16.0 Å². The molecule has 1 nitrogen and oxygen atoms in total. The fourth-order valence-corrected chi connectivity index (χ4v) is 2.09. The predicted octanol–water partition coefficient (Wildman–Crippen LogP) is 3.94. The van der Waals surface area contributed by atoms with Crippen LogP contribution in [0, 0.1) is 0 Å². The van der Waals surface area contributed by atoms with E-state index in [4.69, 9.17) is 11.6 Å². The zero-order valence-corrected chi connectivity index (χ0v) is 10.5. The van der Waals surface area contributed by atoms with Gasteiger partial charge in [-0.25, -0.2) is 8.78 Å². The summed E-state index contributed by atoms with van der Waals surface area (Å²) in [7, 11) is 1.62. The Balaban J connectivity index is 2.82. The fourth-order valence-electron chi connectivity index (χ4n) is 1.19. The zero-order chi connectivity index (χ0) is 11.4. The Morgan fingerprint density at radius 3 is 2.60 bits per heavy atom. The van der Waals surface area contributed by atoms with E-state index in [1.54, 1.807) is 19.2 Å². The van der Waals surface area contributed by atoms with Crippen LogP contribution in [-0.2, 0) is 5.33 Å². The van der Waals surface area contributed by atoms with Crippen LogP contribution < -0.4 is 4.90 Å². The van der Waals surface area contributed by atoms with Gasteiger partial charge in [-0.15, -0.1) is 0 Å². The highest BCUT2D eigenvalue weighted by Crippen LogP contribution is 2.24. The normalized spacial score (nSPS) is 10.8. The van der Waals surface area contributed by atoms with Crippen LogP contribution in [0.3, 0.4) is 0 Å². The molecule has 0 radical (unpaired) electrons. The molecule has 0 heterocycles. The first-order valence-electron chi connectivity index (χ1n) is 4.38. The Morgan fingerprint density at radius 1 is 1.47 bits per heavy atom. The summed E-state index contributed by atoms with van der Waals surface area (Å²) in [5.74, 6) is 0. The lowest BCUT2D eigenvalue weighted by molar-refractivity contribution is 0.156. The van der Waals surface area contributed by atoms with Crippen LogP contribution in [0.5, 0.6) is 0 Å². The van der Waals surface area contributed by atoms with Crippen molar-refractivity contribution in [2.75, 3.05) is 18.5 Å². The Kier molecular flexibility index (Phi) is 4.80. The van der Waals surface area contributed by atoms with Gasteiger partial charge in [0.2, 0.25) is 0 Å². The summed E-state index contributed by atoms with van der Waals surface area (Å²) in [5.41, 5.74) is 1.65. The standard InChI is InChI=1S/C10H11BrClF2N/c1-15(6-10(13)14)8-3-2-7(5-11)9(12)4-8/h2-4,10H,5-6H2,1H3. The molecule has 0 amide bonds. The SMILES string of the molecule is CN(CC(F)F)c1ccc(CBr)c(Cl)c1. The molecule has 5 heteroatoms. The lowest BCUT2D eigenvalue weighted by Crippen LogP contribution is -2.23. The van der Waals surface area contributed by atoms with Crippen molar-refractivity contribution in [3.05, 3.63) is 28.8 Å². The van der Waals surface area contributed by atoms with Crippen molar-refractivity contribution >= 4 is 33.2 Å². The highest BCUT2D eigenvalue weighted by Gasteiger charge is 2.09. The van der Waals surface area contributed by atoms with Crippen LogP contribution >= 0.6 is 27.5 Å². The van der Waals surface area contributed by atoms with Crippen LogP contribution in [0.1, 0.15) is 5.56 Å². The molecule has 0 aliphatic carbocycles. The number of halogens is 4.